The van der Waals surface area contributed by atoms with Gasteiger partial charge in [0.2, 0.25) is 0 Å². The molecule has 0 saturated carbocycles. The smallest absolute Gasteiger partial charge is 0.0306 e. The van der Waals surface area contributed by atoms with Gasteiger partial charge in [0.1, 0.15) is 0 Å². The molecule has 4 aromatic rings. The van der Waals surface area contributed by atoms with Gasteiger partial charge in [-0.15, -0.1) is 45.3 Å². The van der Waals surface area contributed by atoms with Crippen LogP contribution in [-0.4, -0.2) is 0 Å². The Morgan fingerprint density at radius 1 is 0.500 bits per heavy atom. The van der Waals surface area contributed by atoms with E-state index in [0.717, 1.165) is 0 Å². The van der Waals surface area contributed by atoms with E-state index >= 15 is 0 Å². The first-order valence-electron chi connectivity index (χ1n) is 9.83. The third kappa shape index (κ3) is 5.01. The van der Waals surface area contributed by atoms with Crippen molar-refractivity contribution in [1.29, 1.82) is 0 Å². The summed E-state index contributed by atoms with van der Waals surface area (Å²) < 4.78 is 0. The molecule has 0 fully saturated rings. The second-order valence-electron chi connectivity index (χ2n) is 7.33. The Morgan fingerprint density at radius 2 is 0.900 bits per heavy atom. The van der Waals surface area contributed by atoms with Crippen molar-refractivity contribution < 1.29 is 0 Å². The summed E-state index contributed by atoms with van der Waals surface area (Å²) in [5, 5.41) is 4.30. The van der Waals surface area contributed by atoms with Gasteiger partial charge in [-0.2, -0.15) is 0 Å². The van der Waals surface area contributed by atoms with Crippen LogP contribution in [0.2, 0.25) is 0 Å². The van der Waals surface area contributed by atoms with Crippen LogP contribution in [0.1, 0.15) is 51.5 Å². The van der Waals surface area contributed by atoms with E-state index in [9.17, 15) is 0 Å². The Labute approximate surface area is 195 Å². The summed E-state index contributed by atoms with van der Waals surface area (Å²) in [7, 11) is 0. The largest absolute Gasteiger partial charge is 0.144 e. The van der Waals surface area contributed by atoms with Gasteiger partial charge in [0, 0.05) is 29.3 Å². The van der Waals surface area contributed by atoms with Gasteiger partial charge in [-0.3, -0.25) is 0 Å². The lowest BCUT2D eigenvalue weighted by Gasteiger charge is -1.91. The van der Waals surface area contributed by atoms with E-state index < -0.39 is 0 Å². The van der Waals surface area contributed by atoms with E-state index in [0.29, 0.717) is 0 Å². The van der Waals surface area contributed by atoms with E-state index in [1.165, 1.54) is 51.5 Å². The quantitative estimate of drug-likeness (QED) is 0.266. The Kier molecular flexibility index (Phi) is 6.69. The molecular weight excluding hydrogens is 441 g/mol. The first-order chi connectivity index (χ1) is 14.5. The fourth-order valence-electron chi connectivity index (χ4n) is 3.12. The van der Waals surface area contributed by atoms with Gasteiger partial charge >= 0.3 is 0 Å². The fourth-order valence-corrected chi connectivity index (χ4v) is 6.72. The van der Waals surface area contributed by atoms with Crippen molar-refractivity contribution >= 4 is 81.8 Å². The molecule has 0 N–H and O–H groups in total. The van der Waals surface area contributed by atoms with Crippen molar-refractivity contribution in [2.24, 2.45) is 0 Å². The Morgan fingerprint density at radius 3 is 1.27 bits per heavy atom. The van der Waals surface area contributed by atoms with Gasteiger partial charge in [0.25, 0.3) is 0 Å². The molecule has 30 heavy (non-hydrogen) atoms. The molecule has 4 heteroatoms. The Bertz CT molecular complexity index is 1140. The summed E-state index contributed by atoms with van der Waals surface area (Å²) in [6, 6.07) is 8.91. The molecule has 0 aliphatic heterocycles. The van der Waals surface area contributed by atoms with Crippen LogP contribution in [-0.2, 0) is 0 Å². The molecule has 0 atom stereocenters. The summed E-state index contributed by atoms with van der Waals surface area (Å²) in [4.78, 5) is 7.94. The van der Waals surface area contributed by atoms with Gasteiger partial charge in [-0.05, 0) is 121 Å². The van der Waals surface area contributed by atoms with Crippen LogP contribution in [0.25, 0.3) is 36.5 Å². The predicted molar refractivity (Wildman–Crippen MR) is 143 cm³/mol. The summed E-state index contributed by atoms with van der Waals surface area (Å²) >= 11 is 7.29. The van der Waals surface area contributed by atoms with E-state index in [4.69, 9.17) is 0 Å². The summed E-state index contributed by atoms with van der Waals surface area (Å²) in [6.07, 6.45) is 13.5. The molecule has 0 aliphatic rings. The Hall–Kier alpha value is -1.98. The van der Waals surface area contributed by atoms with Crippen LogP contribution in [0, 0.1) is 27.7 Å². The fraction of sp³-hybridized carbons (Fsp3) is 0.154. The highest BCUT2D eigenvalue weighted by Crippen LogP contribution is 2.30. The average Bonchev–Trinajstić information content (AvgIpc) is 3.47. The SMILES string of the molecule is Cc1ccsc1/C=C/c1sc(/C=C/c2cc(C)c(/C=C/c3sccc3C)s2)cc1C. The third-order valence-electron chi connectivity index (χ3n) is 4.94. The average molecular weight is 465 g/mol. The van der Waals surface area contributed by atoms with Crippen LogP contribution in [0.15, 0.2) is 35.0 Å². The zero-order chi connectivity index (χ0) is 21.1. The monoisotopic (exact) mass is 464 g/mol. The molecule has 0 radical (unpaired) electrons. The lowest BCUT2D eigenvalue weighted by molar-refractivity contribution is 1.52. The minimum Gasteiger partial charge on any atom is -0.144 e. The number of aryl methyl sites for hydroxylation is 4. The van der Waals surface area contributed by atoms with Crippen molar-refractivity contribution in [2.45, 2.75) is 27.7 Å². The number of hydrogen-bond donors (Lipinski definition) is 0. The molecule has 4 heterocycles. The van der Waals surface area contributed by atoms with Crippen LogP contribution in [0.5, 0.6) is 0 Å². The second-order valence-corrected chi connectivity index (χ2v) is 11.5. The van der Waals surface area contributed by atoms with Crippen molar-refractivity contribution in [3.8, 4) is 0 Å². The van der Waals surface area contributed by atoms with Crippen LogP contribution in [0.4, 0.5) is 0 Å². The number of hydrogen-bond acceptors (Lipinski definition) is 4. The first kappa shape index (κ1) is 21.3. The lowest BCUT2D eigenvalue weighted by atomic mass is 10.2. The molecule has 0 bridgehead atoms. The van der Waals surface area contributed by atoms with E-state index in [2.05, 4.69) is 99.2 Å². The molecule has 4 aromatic heterocycles. The molecule has 4 rings (SSSR count). The summed E-state index contributed by atoms with van der Waals surface area (Å²) in [5.74, 6) is 0. The predicted octanol–water partition coefficient (Wildman–Crippen LogP) is 9.68. The highest BCUT2D eigenvalue weighted by molar-refractivity contribution is 7.15. The van der Waals surface area contributed by atoms with Gasteiger partial charge in [-0.1, -0.05) is 0 Å². The zero-order valence-corrected chi connectivity index (χ0v) is 20.8. The molecule has 0 nitrogen and oxygen atoms in total. The van der Waals surface area contributed by atoms with Crippen LogP contribution in [0.3, 0.4) is 0 Å². The van der Waals surface area contributed by atoms with E-state index in [1.807, 2.05) is 22.7 Å². The molecule has 0 aliphatic carbocycles. The lowest BCUT2D eigenvalue weighted by Crippen LogP contribution is -1.69. The highest BCUT2D eigenvalue weighted by Gasteiger charge is 2.04. The van der Waals surface area contributed by atoms with Crippen molar-refractivity contribution in [1.82, 2.24) is 0 Å². The van der Waals surface area contributed by atoms with E-state index in [-0.39, 0.29) is 0 Å². The van der Waals surface area contributed by atoms with E-state index in [1.54, 1.807) is 22.7 Å². The molecule has 0 spiro atoms. The van der Waals surface area contributed by atoms with Crippen molar-refractivity contribution in [3.63, 3.8) is 0 Å². The third-order valence-corrected chi connectivity index (χ3v) is 9.24. The minimum absolute atomic E-state index is 1.30. The van der Waals surface area contributed by atoms with Gasteiger partial charge < -0.3 is 0 Å². The second kappa shape index (κ2) is 9.44. The van der Waals surface area contributed by atoms with Crippen molar-refractivity contribution in [2.75, 3.05) is 0 Å². The standard InChI is InChI=1S/C26H24S4/c1-17-11-13-27-23(17)7-9-25-19(3)15-21(29-25)5-6-22-16-20(4)26(30-22)10-8-24-18(2)12-14-28-24/h5-16H,1-4H3/b6-5+,9-7+,10-8+. The first-order valence-corrected chi connectivity index (χ1v) is 13.2. The molecule has 152 valence electrons. The molecular formula is C26H24S4. The summed E-state index contributed by atoms with van der Waals surface area (Å²) in [5.41, 5.74) is 5.36. The maximum absolute atomic E-state index is 2.28. The van der Waals surface area contributed by atoms with Gasteiger partial charge in [-0.25, -0.2) is 0 Å². The maximum atomic E-state index is 2.28. The molecule has 0 unspecified atom stereocenters. The number of rotatable bonds is 6. The molecule has 0 aromatic carbocycles. The Balaban J connectivity index is 1.48. The zero-order valence-electron chi connectivity index (χ0n) is 17.6. The van der Waals surface area contributed by atoms with Gasteiger partial charge in [0.05, 0.1) is 0 Å². The normalized spacial score (nSPS) is 12.3. The topological polar surface area (TPSA) is 0 Å². The highest BCUT2D eigenvalue weighted by atomic mass is 32.1. The van der Waals surface area contributed by atoms with Crippen LogP contribution >= 0.6 is 45.3 Å². The summed E-state index contributed by atoms with van der Waals surface area (Å²) in [6.45, 7) is 8.72. The maximum Gasteiger partial charge on any atom is 0.0306 e. The molecule has 0 amide bonds. The minimum atomic E-state index is 1.30. The van der Waals surface area contributed by atoms with Crippen molar-refractivity contribution in [3.05, 3.63) is 86.5 Å². The molecule has 0 saturated heterocycles. The van der Waals surface area contributed by atoms with Crippen LogP contribution < -0.4 is 0 Å². The van der Waals surface area contributed by atoms with Gasteiger partial charge in [0.15, 0.2) is 0 Å². The number of thiophene rings is 4.